The first kappa shape index (κ1) is 28.1. The number of aliphatic carboxylic acids is 3. The van der Waals surface area contributed by atoms with Crippen LogP contribution in [0.5, 0.6) is 0 Å². The van der Waals surface area contributed by atoms with Gasteiger partial charge in [0.15, 0.2) is 0 Å². The van der Waals surface area contributed by atoms with Crippen molar-refractivity contribution in [2.75, 3.05) is 0 Å². The number of hydrogen-bond acceptors (Lipinski definition) is 6. The average molecular weight is 510 g/mol. The molecule has 0 amide bonds. The predicted octanol–water partition coefficient (Wildman–Crippen LogP) is -1.89. The van der Waals surface area contributed by atoms with Gasteiger partial charge in [0, 0.05) is 51.1 Å². The molecule has 0 fully saturated rings. The standard InChI is InChI=1S/C7H6Cl.3C2H4O2.Pb/c8-6-7-4-2-1-3-5-7;3*1-2(3)4;/h1-4H,6H2;3*1H3,(H,3,4);/p-3. The summed E-state index contributed by atoms with van der Waals surface area (Å²) in [7, 11) is 0. The quantitative estimate of drug-likeness (QED) is 0.322. The molecule has 117 valence electrons. The van der Waals surface area contributed by atoms with E-state index in [1.807, 2.05) is 24.3 Å². The van der Waals surface area contributed by atoms with Crippen molar-refractivity contribution in [3.63, 3.8) is 0 Å². The predicted molar refractivity (Wildman–Crippen MR) is 72.6 cm³/mol. The monoisotopic (exact) mass is 510 g/mol. The second-order valence-corrected chi connectivity index (χ2v) is 3.26. The molecule has 1 aromatic carbocycles. The Kier molecular flexibility index (Phi) is 28.3. The summed E-state index contributed by atoms with van der Waals surface area (Å²) in [6, 6.07) is 10.7. The number of rotatable bonds is 1. The molecule has 5 radical (unpaired) electrons. The Balaban J connectivity index is -0.0000000973. The Labute approximate surface area is 148 Å². The number of benzene rings is 1. The molecule has 0 aliphatic rings. The van der Waals surface area contributed by atoms with Gasteiger partial charge in [0.25, 0.3) is 0 Å². The number of carbonyl (C=O) groups excluding carboxylic acids is 3. The summed E-state index contributed by atoms with van der Waals surface area (Å²) in [5.41, 5.74) is 1.05. The number of alkyl halides is 1. The van der Waals surface area contributed by atoms with Crippen LogP contribution in [-0.2, 0) is 20.3 Å². The summed E-state index contributed by atoms with van der Waals surface area (Å²) in [6.45, 7) is 2.92. The Morgan fingerprint density at radius 2 is 1.33 bits per heavy atom. The van der Waals surface area contributed by atoms with Crippen molar-refractivity contribution < 1.29 is 29.7 Å². The maximum absolute atomic E-state index is 8.89. The molecule has 0 saturated heterocycles. The maximum Gasteiger partial charge on any atom is 0.0480 e. The van der Waals surface area contributed by atoms with Gasteiger partial charge in [-0.2, -0.15) is 0 Å². The molecule has 0 spiro atoms. The largest absolute Gasteiger partial charge is 0.550 e. The van der Waals surface area contributed by atoms with Crippen LogP contribution in [0.15, 0.2) is 24.3 Å². The normalized spacial score (nSPS) is 7.05. The maximum atomic E-state index is 8.89. The van der Waals surface area contributed by atoms with Crippen LogP contribution in [0.25, 0.3) is 0 Å². The third kappa shape index (κ3) is 68.4. The van der Waals surface area contributed by atoms with E-state index in [4.69, 9.17) is 41.3 Å². The third-order valence-corrected chi connectivity index (χ3v) is 1.21. The molecule has 0 aromatic heterocycles. The fraction of sp³-hybridized carbons (Fsp3) is 0.308. The van der Waals surface area contributed by atoms with Gasteiger partial charge < -0.3 is 29.7 Å². The molecule has 1 aromatic rings. The van der Waals surface area contributed by atoms with E-state index in [1.54, 1.807) is 0 Å². The van der Waals surface area contributed by atoms with Gasteiger partial charge in [0.05, 0.1) is 0 Å². The van der Waals surface area contributed by atoms with Gasteiger partial charge in [-0.05, 0) is 32.4 Å². The van der Waals surface area contributed by atoms with Gasteiger partial charge in [-0.3, -0.25) is 0 Å². The summed E-state index contributed by atoms with van der Waals surface area (Å²) in [6.07, 6.45) is 0. The van der Waals surface area contributed by atoms with Crippen molar-refractivity contribution in [3.05, 3.63) is 35.9 Å². The van der Waals surface area contributed by atoms with Gasteiger partial charge in [-0.1, -0.05) is 24.3 Å². The Morgan fingerprint density at radius 3 is 1.48 bits per heavy atom. The fourth-order valence-corrected chi connectivity index (χ4v) is 0.680. The first-order valence-corrected chi connectivity index (χ1v) is 5.71. The van der Waals surface area contributed by atoms with Crippen LogP contribution in [0.1, 0.15) is 26.3 Å². The molecule has 6 nitrogen and oxygen atoms in total. The van der Waals surface area contributed by atoms with Crippen molar-refractivity contribution in [1.29, 1.82) is 0 Å². The molecule has 8 heteroatoms. The van der Waals surface area contributed by atoms with E-state index in [2.05, 4.69) is 6.07 Å². The fourth-order valence-electron chi connectivity index (χ4n) is 0.514. The third-order valence-electron chi connectivity index (χ3n) is 0.917. The zero-order valence-electron chi connectivity index (χ0n) is 11.8. The molecule has 0 saturated carbocycles. The average Bonchev–Trinajstić information content (AvgIpc) is 2.28. The Hall–Kier alpha value is -1.16. The number of halogens is 1. The summed E-state index contributed by atoms with van der Waals surface area (Å²) in [5.74, 6) is -2.69. The van der Waals surface area contributed by atoms with Crippen molar-refractivity contribution in [3.8, 4) is 0 Å². The second kappa shape index (κ2) is 21.1. The van der Waals surface area contributed by atoms with Gasteiger partial charge in [0.2, 0.25) is 0 Å². The van der Waals surface area contributed by atoms with Crippen LogP contribution in [0.3, 0.4) is 0 Å². The molecule has 0 bridgehead atoms. The van der Waals surface area contributed by atoms with Crippen molar-refractivity contribution in [2.45, 2.75) is 26.7 Å². The minimum absolute atomic E-state index is 0. The minimum atomic E-state index is -1.08. The molecule has 21 heavy (non-hydrogen) atoms. The van der Waals surface area contributed by atoms with Crippen LogP contribution in [-0.4, -0.2) is 45.2 Å². The SMILES string of the molecule is CC(=O)[O-].CC(=O)[O-].CC(=O)[O-].ClCc1[c]cccc1.[Pb]. The molecule has 0 aliphatic heterocycles. The zero-order valence-corrected chi connectivity index (χ0v) is 16.5. The molecule has 0 unspecified atom stereocenters. The summed E-state index contributed by atoms with van der Waals surface area (Å²) >= 11 is 5.50. The summed E-state index contributed by atoms with van der Waals surface area (Å²) in [4.78, 5) is 26.7. The molecule has 0 aliphatic carbocycles. The van der Waals surface area contributed by atoms with E-state index < -0.39 is 17.9 Å². The summed E-state index contributed by atoms with van der Waals surface area (Å²) < 4.78 is 0. The smallest absolute Gasteiger partial charge is 0.0480 e. The molecular formula is C13H15ClO6Pb-3. The zero-order chi connectivity index (χ0) is 16.6. The van der Waals surface area contributed by atoms with Gasteiger partial charge in [-0.25, -0.2) is 0 Å². The minimum Gasteiger partial charge on any atom is -0.550 e. The molecule has 1 rings (SSSR count). The second-order valence-electron chi connectivity index (χ2n) is 3.00. The first-order chi connectivity index (χ1) is 9.13. The molecule has 0 heterocycles. The van der Waals surface area contributed by atoms with Crippen molar-refractivity contribution in [2.24, 2.45) is 0 Å². The van der Waals surface area contributed by atoms with E-state index in [1.165, 1.54) is 0 Å². The topological polar surface area (TPSA) is 120 Å². The number of hydrogen-bond donors (Lipinski definition) is 0. The van der Waals surface area contributed by atoms with E-state index in [0.717, 1.165) is 26.3 Å². The number of carboxylic acids is 3. The van der Waals surface area contributed by atoms with E-state index in [0.29, 0.717) is 5.88 Å². The Morgan fingerprint density at radius 1 is 1.00 bits per heavy atom. The van der Waals surface area contributed by atoms with Gasteiger partial charge in [-0.15, -0.1) is 11.6 Å². The van der Waals surface area contributed by atoms with Gasteiger partial charge in [0.1, 0.15) is 0 Å². The summed E-state index contributed by atoms with van der Waals surface area (Å²) in [5, 5.41) is 26.7. The molecule has 0 N–H and O–H groups in total. The molecule has 0 atom stereocenters. The van der Waals surface area contributed by atoms with Gasteiger partial charge >= 0.3 is 0 Å². The van der Waals surface area contributed by atoms with E-state index in [-0.39, 0.29) is 27.3 Å². The first-order valence-electron chi connectivity index (χ1n) is 5.17. The number of carboxylic acid groups (broad SMARTS) is 3. The van der Waals surface area contributed by atoms with E-state index in [9.17, 15) is 0 Å². The van der Waals surface area contributed by atoms with Crippen LogP contribution in [0, 0.1) is 6.07 Å². The van der Waals surface area contributed by atoms with Crippen LogP contribution in [0.2, 0.25) is 0 Å². The van der Waals surface area contributed by atoms with E-state index >= 15 is 0 Å². The van der Waals surface area contributed by atoms with Crippen molar-refractivity contribution >= 4 is 56.8 Å². The van der Waals surface area contributed by atoms with Crippen molar-refractivity contribution in [1.82, 2.24) is 0 Å². The van der Waals surface area contributed by atoms with Crippen LogP contribution < -0.4 is 15.3 Å². The number of carbonyl (C=O) groups is 3. The molecular weight excluding hydrogens is 495 g/mol. The van der Waals surface area contributed by atoms with Crippen LogP contribution >= 0.6 is 11.6 Å². The Bertz CT molecular complexity index is 343. The van der Waals surface area contributed by atoms with Crippen LogP contribution in [0.4, 0.5) is 0 Å².